The Morgan fingerprint density at radius 1 is 1.18 bits per heavy atom. The van der Waals surface area contributed by atoms with E-state index >= 15 is 0 Å². The SMILES string of the molecule is COc1cc(C)ccc1Oc1ccc(F)cc1NC(=O)C[C@@H]1CCC[C@H]1N.Cl. The number of nitrogens with two attached hydrogens (primary N) is 1. The van der Waals surface area contributed by atoms with Crippen LogP contribution in [0, 0.1) is 18.7 Å². The van der Waals surface area contributed by atoms with Crippen molar-refractivity contribution in [3.05, 3.63) is 47.8 Å². The van der Waals surface area contributed by atoms with Gasteiger partial charge in [0.2, 0.25) is 5.91 Å². The van der Waals surface area contributed by atoms with Crippen LogP contribution >= 0.6 is 12.4 Å². The predicted molar refractivity (Wildman–Crippen MR) is 110 cm³/mol. The van der Waals surface area contributed by atoms with Crippen LogP contribution < -0.4 is 20.5 Å². The van der Waals surface area contributed by atoms with Gasteiger partial charge in [0.15, 0.2) is 17.2 Å². The van der Waals surface area contributed by atoms with Crippen molar-refractivity contribution in [2.75, 3.05) is 12.4 Å². The smallest absolute Gasteiger partial charge is 0.224 e. The number of nitrogens with one attached hydrogen (secondary N) is 1. The van der Waals surface area contributed by atoms with Gasteiger partial charge in [-0.3, -0.25) is 4.79 Å². The number of benzene rings is 2. The average Bonchev–Trinajstić information content (AvgIpc) is 3.03. The molecule has 1 aliphatic carbocycles. The molecule has 0 radical (unpaired) electrons. The van der Waals surface area contributed by atoms with Gasteiger partial charge in [0.1, 0.15) is 5.82 Å². The van der Waals surface area contributed by atoms with E-state index in [9.17, 15) is 9.18 Å². The van der Waals surface area contributed by atoms with Crippen molar-refractivity contribution in [2.45, 2.75) is 38.6 Å². The first-order valence-corrected chi connectivity index (χ1v) is 9.13. The lowest BCUT2D eigenvalue weighted by atomic mass is 10.00. The highest BCUT2D eigenvalue weighted by Gasteiger charge is 2.26. The molecule has 5 nitrogen and oxygen atoms in total. The summed E-state index contributed by atoms with van der Waals surface area (Å²) in [6.07, 6.45) is 3.26. The lowest BCUT2D eigenvalue weighted by Crippen LogP contribution is -2.28. The Morgan fingerprint density at radius 3 is 2.61 bits per heavy atom. The zero-order valence-electron chi connectivity index (χ0n) is 16.0. The van der Waals surface area contributed by atoms with E-state index in [0.717, 1.165) is 24.8 Å². The normalized spacial score (nSPS) is 18.3. The Morgan fingerprint density at radius 2 is 1.93 bits per heavy atom. The van der Waals surface area contributed by atoms with Crippen molar-refractivity contribution in [2.24, 2.45) is 11.7 Å². The molecule has 3 rings (SSSR count). The molecule has 1 fully saturated rings. The fraction of sp³-hybridized carbons (Fsp3) is 0.381. The van der Waals surface area contributed by atoms with Crippen molar-refractivity contribution in [3.63, 3.8) is 0 Å². The lowest BCUT2D eigenvalue weighted by molar-refractivity contribution is -0.117. The van der Waals surface area contributed by atoms with Crippen LogP contribution in [0.25, 0.3) is 0 Å². The third kappa shape index (κ3) is 5.36. The zero-order chi connectivity index (χ0) is 19.4. The molecule has 3 N–H and O–H groups in total. The van der Waals surface area contributed by atoms with E-state index in [1.54, 1.807) is 13.2 Å². The fourth-order valence-electron chi connectivity index (χ4n) is 3.42. The van der Waals surface area contributed by atoms with Crippen molar-refractivity contribution < 1.29 is 18.7 Å². The number of amides is 1. The Hall–Kier alpha value is -2.31. The number of hydrogen-bond donors (Lipinski definition) is 2. The van der Waals surface area contributed by atoms with Crippen LogP contribution in [0.1, 0.15) is 31.2 Å². The van der Waals surface area contributed by atoms with Crippen LogP contribution in [-0.2, 0) is 4.79 Å². The van der Waals surface area contributed by atoms with E-state index in [1.807, 2.05) is 19.1 Å². The molecule has 152 valence electrons. The van der Waals surface area contributed by atoms with Gasteiger partial charge in [-0.2, -0.15) is 0 Å². The van der Waals surface area contributed by atoms with Gasteiger partial charge in [-0.15, -0.1) is 12.4 Å². The Kier molecular flexibility index (Phi) is 7.66. The van der Waals surface area contributed by atoms with E-state index in [1.165, 1.54) is 18.2 Å². The molecule has 2 aromatic rings. The van der Waals surface area contributed by atoms with Crippen LogP contribution in [0.5, 0.6) is 17.2 Å². The van der Waals surface area contributed by atoms with Gasteiger partial charge in [-0.1, -0.05) is 12.5 Å². The van der Waals surface area contributed by atoms with Gasteiger partial charge >= 0.3 is 0 Å². The Bertz CT molecular complexity index is 831. The van der Waals surface area contributed by atoms with Gasteiger partial charge in [0, 0.05) is 18.5 Å². The summed E-state index contributed by atoms with van der Waals surface area (Å²) in [5, 5.41) is 2.77. The molecule has 1 saturated carbocycles. The summed E-state index contributed by atoms with van der Waals surface area (Å²) in [6, 6.07) is 9.60. The topological polar surface area (TPSA) is 73.6 Å². The second-order valence-corrected chi connectivity index (χ2v) is 7.00. The number of aryl methyl sites for hydroxylation is 1. The van der Waals surface area contributed by atoms with Crippen LogP contribution in [0.3, 0.4) is 0 Å². The van der Waals surface area contributed by atoms with Crippen LogP contribution in [0.15, 0.2) is 36.4 Å². The predicted octanol–water partition coefficient (Wildman–Crippen LogP) is 4.81. The molecule has 1 aliphatic rings. The fourth-order valence-corrected chi connectivity index (χ4v) is 3.42. The number of ether oxygens (including phenoxy) is 2. The van der Waals surface area contributed by atoms with Crippen molar-refractivity contribution in [1.29, 1.82) is 0 Å². The molecule has 0 unspecified atom stereocenters. The molecule has 2 atom stereocenters. The zero-order valence-corrected chi connectivity index (χ0v) is 16.9. The number of halogens is 2. The molecule has 0 heterocycles. The molecule has 0 aromatic heterocycles. The van der Waals surface area contributed by atoms with E-state index in [0.29, 0.717) is 23.7 Å². The number of hydrogen-bond acceptors (Lipinski definition) is 4. The van der Waals surface area contributed by atoms with E-state index < -0.39 is 5.82 Å². The number of rotatable bonds is 6. The van der Waals surface area contributed by atoms with Gasteiger partial charge in [0.25, 0.3) is 0 Å². The summed E-state index contributed by atoms with van der Waals surface area (Å²) in [5.74, 6) is 0.925. The van der Waals surface area contributed by atoms with Crippen molar-refractivity contribution in [3.8, 4) is 17.2 Å². The third-order valence-corrected chi connectivity index (χ3v) is 4.92. The maximum atomic E-state index is 13.8. The quantitative estimate of drug-likeness (QED) is 0.719. The standard InChI is InChI=1S/C21H25FN2O3.ClH/c1-13-6-8-19(20(10-13)26-2)27-18-9-7-15(22)12-17(18)24-21(25)11-14-4-3-5-16(14)23;/h6-10,12,14,16H,3-5,11,23H2,1-2H3,(H,24,25);1H/t14-,16+;/m0./s1. The number of carbonyl (C=O) groups is 1. The molecular weight excluding hydrogens is 383 g/mol. The van der Waals surface area contributed by atoms with Gasteiger partial charge in [-0.25, -0.2) is 4.39 Å². The monoisotopic (exact) mass is 408 g/mol. The minimum atomic E-state index is -0.453. The van der Waals surface area contributed by atoms with Gasteiger partial charge in [0.05, 0.1) is 12.8 Å². The minimum absolute atomic E-state index is 0. The molecule has 0 saturated heterocycles. The minimum Gasteiger partial charge on any atom is -0.493 e. The molecule has 7 heteroatoms. The molecule has 1 amide bonds. The summed E-state index contributed by atoms with van der Waals surface area (Å²) in [6.45, 7) is 1.95. The summed E-state index contributed by atoms with van der Waals surface area (Å²) in [7, 11) is 1.56. The molecule has 0 bridgehead atoms. The van der Waals surface area contributed by atoms with Gasteiger partial charge in [-0.05, 0) is 55.5 Å². The number of methoxy groups -OCH3 is 1. The van der Waals surface area contributed by atoms with E-state index in [4.69, 9.17) is 15.2 Å². The third-order valence-electron chi connectivity index (χ3n) is 4.92. The summed E-state index contributed by atoms with van der Waals surface area (Å²) in [5.41, 5.74) is 7.36. The maximum absolute atomic E-state index is 13.8. The second-order valence-electron chi connectivity index (χ2n) is 7.00. The highest BCUT2D eigenvalue weighted by molar-refractivity contribution is 5.92. The second kappa shape index (κ2) is 9.75. The van der Waals surface area contributed by atoms with Gasteiger partial charge < -0.3 is 20.5 Å². The van der Waals surface area contributed by atoms with Crippen molar-refractivity contribution in [1.82, 2.24) is 0 Å². The lowest BCUT2D eigenvalue weighted by Gasteiger charge is -2.17. The first-order valence-electron chi connectivity index (χ1n) is 9.13. The molecule has 28 heavy (non-hydrogen) atoms. The van der Waals surface area contributed by atoms with E-state index in [2.05, 4.69) is 5.32 Å². The first-order chi connectivity index (χ1) is 13.0. The van der Waals surface area contributed by atoms with E-state index in [-0.39, 0.29) is 36.0 Å². The molecule has 0 aliphatic heterocycles. The van der Waals surface area contributed by atoms with Crippen LogP contribution in [0.4, 0.5) is 10.1 Å². The van der Waals surface area contributed by atoms with Crippen LogP contribution in [0.2, 0.25) is 0 Å². The van der Waals surface area contributed by atoms with Crippen LogP contribution in [-0.4, -0.2) is 19.1 Å². The maximum Gasteiger partial charge on any atom is 0.224 e. The summed E-state index contributed by atoms with van der Waals surface area (Å²) < 4.78 is 25.0. The molecule has 2 aromatic carbocycles. The summed E-state index contributed by atoms with van der Waals surface area (Å²) >= 11 is 0. The Balaban J connectivity index is 0.00000280. The number of carbonyl (C=O) groups excluding carboxylic acids is 1. The average molecular weight is 409 g/mol. The highest BCUT2D eigenvalue weighted by atomic mass is 35.5. The highest BCUT2D eigenvalue weighted by Crippen LogP contribution is 2.36. The summed E-state index contributed by atoms with van der Waals surface area (Å²) in [4.78, 5) is 12.4. The van der Waals surface area contributed by atoms with Crippen molar-refractivity contribution >= 4 is 24.0 Å². The molecular formula is C21H26ClFN2O3. The molecule has 0 spiro atoms. The number of anilines is 1. The first kappa shape index (κ1) is 22.0. The Labute approximate surface area is 170 Å². The largest absolute Gasteiger partial charge is 0.493 e.